The summed E-state index contributed by atoms with van der Waals surface area (Å²) in [5, 5.41) is 8.56. The molecule has 2 aromatic rings. The number of aromatic nitrogens is 4. The topological polar surface area (TPSA) is 124 Å². The van der Waals surface area contributed by atoms with Crippen molar-refractivity contribution >= 4 is 34.7 Å². The normalized spacial score (nSPS) is 14.2. The molecule has 0 aliphatic heterocycles. The van der Waals surface area contributed by atoms with E-state index in [2.05, 4.69) is 15.2 Å². The van der Waals surface area contributed by atoms with E-state index in [0.717, 1.165) is 17.8 Å². The first-order valence-electron chi connectivity index (χ1n) is 6.57. The summed E-state index contributed by atoms with van der Waals surface area (Å²) in [6.45, 7) is 1.82. The van der Waals surface area contributed by atoms with Gasteiger partial charge in [0, 0.05) is 6.04 Å². The van der Waals surface area contributed by atoms with Crippen molar-refractivity contribution in [2.24, 2.45) is 0 Å². The summed E-state index contributed by atoms with van der Waals surface area (Å²) in [6, 6.07) is -0.0191. The fourth-order valence-corrected chi connectivity index (χ4v) is 3.75. The molecular formula is C12H13N5O3S2. The van der Waals surface area contributed by atoms with Gasteiger partial charge >= 0.3 is 5.69 Å². The Morgan fingerprint density at radius 3 is 2.77 bits per heavy atom. The molecule has 1 fully saturated rings. The average molecular weight is 339 g/mol. The molecule has 8 nitrogen and oxygen atoms in total. The van der Waals surface area contributed by atoms with Crippen molar-refractivity contribution in [3.8, 4) is 0 Å². The van der Waals surface area contributed by atoms with E-state index in [1.807, 2.05) is 6.92 Å². The van der Waals surface area contributed by atoms with E-state index in [9.17, 15) is 14.4 Å². The first-order valence-corrected chi connectivity index (χ1v) is 8.38. The number of nitrogens with zero attached hydrogens (tertiary/aromatic N) is 3. The van der Waals surface area contributed by atoms with Gasteiger partial charge in [-0.1, -0.05) is 23.1 Å². The number of carbonyl (C=O) groups is 1. The van der Waals surface area contributed by atoms with Crippen LogP contribution in [0.5, 0.6) is 0 Å². The quantitative estimate of drug-likeness (QED) is 0.603. The smallest absolute Gasteiger partial charge is 0.330 e. The van der Waals surface area contributed by atoms with Gasteiger partial charge in [0.25, 0.3) is 5.56 Å². The Morgan fingerprint density at radius 1 is 1.45 bits per heavy atom. The highest BCUT2D eigenvalue weighted by Gasteiger charge is 2.30. The van der Waals surface area contributed by atoms with Crippen LogP contribution >= 0.6 is 23.1 Å². The number of ketones is 1. The Labute approximate surface area is 132 Å². The Bertz CT molecular complexity index is 849. The largest absolute Gasteiger partial charge is 0.384 e. The van der Waals surface area contributed by atoms with Gasteiger partial charge in [-0.2, -0.15) is 0 Å². The molecule has 0 aromatic carbocycles. The molecule has 1 aliphatic rings. The van der Waals surface area contributed by atoms with Gasteiger partial charge in [-0.05, 0) is 19.8 Å². The van der Waals surface area contributed by atoms with Crippen molar-refractivity contribution in [2.45, 2.75) is 30.1 Å². The first kappa shape index (κ1) is 15.0. The van der Waals surface area contributed by atoms with Crippen LogP contribution in [0.15, 0.2) is 13.9 Å². The predicted octanol–water partition coefficient (Wildman–Crippen LogP) is 0.589. The third-order valence-electron chi connectivity index (χ3n) is 3.21. The number of Topliss-reactive ketones (excluding diaryl/α,β-unsaturated/α-hetero) is 1. The molecule has 0 bridgehead atoms. The minimum absolute atomic E-state index is 0.0186. The van der Waals surface area contributed by atoms with Crippen LogP contribution in [0.4, 0.5) is 5.82 Å². The van der Waals surface area contributed by atoms with E-state index in [1.165, 1.54) is 27.7 Å². The zero-order valence-electron chi connectivity index (χ0n) is 11.7. The molecule has 22 heavy (non-hydrogen) atoms. The van der Waals surface area contributed by atoms with Gasteiger partial charge in [0.15, 0.2) is 10.1 Å². The first-order chi connectivity index (χ1) is 10.5. The molecule has 0 atom stereocenters. The van der Waals surface area contributed by atoms with Gasteiger partial charge in [0.2, 0.25) is 0 Å². The lowest BCUT2D eigenvalue weighted by Crippen LogP contribution is -2.36. The third-order valence-corrected chi connectivity index (χ3v) is 5.18. The van der Waals surface area contributed by atoms with Gasteiger partial charge in [-0.15, -0.1) is 10.2 Å². The summed E-state index contributed by atoms with van der Waals surface area (Å²) in [6.07, 6.45) is 1.64. The summed E-state index contributed by atoms with van der Waals surface area (Å²) < 4.78 is 1.95. The van der Waals surface area contributed by atoms with Crippen molar-refractivity contribution in [2.75, 3.05) is 11.5 Å². The maximum Gasteiger partial charge on any atom is 0.330 e. The Morgan fingerprint density at radius 2 is 2.18 bits per heavy atom. The molecule has 3 N–H and O–H groups in total. The third kappa shape index (κ3) is 2.83. The molecule has 0 saturated heterocycles. The molecule has 2 heterocycles. The fourth-order valence-electron chi connectivity index (χ4n) is 2.07. The number of nitrogen functional groups attached to an aromatic ring is 1. The molecule has 0 unspecified atom stereocenters. The summed E-state index contributed by atoms with van der Waals surface area (Å²) in [4.78, 5) is 38.2. The van der Waals surface area contributed by atoms with E-state index in [4.69, 9.17) is 5.73 Å². The van der Waals surface area contributed by atoms with Crippen LogP contribution in [0.1, 0.15) is 34.2 Å². The maximum absolute atomic E-state index is 12.3. The Kier molecular flexibility index (Phi) is 3.87. The van der Waals surface area contributed by atoms with Crippen LogP contribution in [-0.4, -0.2) is 31.3 Å². The van der Waals surface area contributed by atoms with E-state index in [-0.39, 0.29) is 23.2 Å². The van der Waals surface area contributed by atoms with Crippen LogP contribution in [0.3, 0.4) is 0 Å². The second-order valence-corrected chi connectivity index (χ2v) is 7.32. The van der Waals surface area contributed by atoms with Crippen LogP contribution in [0.2, 0.25) is 0 Å². The molecule has 3 rings (SSSR count). The maximum atomic E-state index is 12.3. The highest BCUT2D eigenvalue weighted by Crippen LogP contribution is 2.35. The highest BCUT2D eigenvalue weighted by molar-refractivity contribution is 8.01. The van der Waals surface area contributed by atoms with E-state index in [1.54, 1.807) is 0 Å². The molecule has 0 amide bonds. The van der Waals surface area contributed by atoms with Gasteiger partial charge < -0.3 is 5.73 Å². The molecular weight excluding hydrogens is 326 g/mol. The average Bonchev–Trinajstić information content (AvgIpc) is 3.17. The summed E-state index contributed by atoms with van der Waals surface area (Å²) >= 11 is 2.57. The van der Waals surface area contributed by atoms with Crippen LogP contribution < -0.4 is 17.0 Å². The molecule has 0 spiro atoms. The van der Waals surface area contributed by atoms with Crippen molar-refractivity contribution in [3.05, 3.63) is 31.4 Å². The van der Waals surface area contributed by atoms with Gasteiger partial charge in [-0.25, -0.2) is 4.79 Å². The molecule has 10 heteroatoms. The molecule has 1 aliphatic carbocycles. The number of thioether (sulfide) groups is 1. The van der Waals surface area contributed by atoms with Gasteiger partial charge in [0.1, 0.15) is 16.4 Å². The Hall–Kier alpha value is -1.94. The van der Waals surface area contributed by atoms with Crippen molar-refractivity contribution in [1.29, 1.82) is 0 Å². The second kappa shape index (κ2) is 5.69. The monoisotopic (exact) mass is 339 g/mol. The number of rotatable bonds is 5. The van der Waals surface area contributed by atoms with E-state index in [0.29, 0.717) is 4.34 Å². The van der Waals surface area contributed by atoms with Crippen molar-refractivity contribution in [1.82, 2.24) is 19.7 Å². The minimum Gasteiger partial charge on any atom is -0.384 e. The molecule has 116 valence electrons. The number of aryl methyl sites for hydroxylation is 1. The van der Waals surface area contributed by atoms with Crippen LogP contribution in [-0.2, 0) is 0 Å². The van der Waals surface area contributed by atoms with Gasteiger partial charge in [-0.3, -0.25) is 19.1 Å². The predicted molar refractivity (Wildman–Crippen MR) is 83.7 cm³/mol. The fraction of sp³-hybridized carbons (Fsp3) is 0.417. The number of H-pyrrole nitrogens is 1. The lowest BCUT2D eigenvalue weighted by molar-refractivity contribution is 0.102. The van der Waals surface area contributed by atoms with Crippen molar-refractivity contribution in [3.63, 3.8) is 0 Å². The number of aromatic amines is 1. The standard InChI is InChI=1S/C12H13N5O3S2/c1-5-15-16-12(22-5)21-4-7(18)8-9(13)17(6-2-3-6)11(20)14-10(8)19/h6H,2-4,13H2,1H3,(H,14,19,20). The number of hydrogen-bond donors (Lipinski definition) is 2. The van der Waals surface area contributed by atoms with E-state index < -0.39 is 17.0 Å². The number of carbonyl (C=O) groups excluding carboxylic acids is 1. The summed E-state index contributed by atoms with van der Waals surface area (Å²) in [7, 11) is 0. The number of nitrogens with two attached hydrogens (primary N) is 1. The zero-order chi connectivity index (χ0) is 15.9. The molecule has 2 aromatic heterocycles. The lowest BCUT2D eigenvalue weighted by Gasteiger charge is -2.10. The summed E-state index contributed by atoms with van der Waals surface area (Å²) in [5.74, 6) is -0.452. The number of nitrogens with one attached hydrogen (secondary N) is 1. The SMILES string of the molecule is Cc1nnc(SCC(=O)c2c(N)n(C3CC3)c(=O)[nH]c2=O)s1. The zero-order valence-corrected chi connectivity index (χ0v) is 13.3. The van der Waals surface area contributed by atoms with Crippen molar-refractivity contribution < 1.29 is 4.79 Å². The Balaban J connectivity index is 1.87. The highest BCUT2D eigenvalue weighted by atomic mass is 32.2. The lowest BCUT2D eigenvalue weighted by atomic mass is 10.2. The molecule has 1 saturated carbocycles. The minimum atomic E-state index is -0.738. The number of anilines is 1. The number of hydrogen-bond acceptors (Lipinski definition) is 8. The van der Waals surface area contributed by atoms with E-state index >= 15 is 0 Å². The van der Waals surface area contributed by atoms with Gasteiger partial charge in [0.05, 0.1) is 5.75 Å². The molecule has 0 radical (unpaired) electrons. The summed E-state index contributed by atoms with van der Waals surface area (Å²) in [5.41, 5.74) is 4.44. The van der Waals surface area contributed by atoms with Crippen LogP contribution in [0.25, 0.3) is 0 Å². The second-order valence-electron chi connectivity index (χ2n) is 4.92. The van der Waals surface area contributed by atoms with Crippen LogP contribution in [0, 0.1) is 6.92 Å².